The first-order chi connectivity index (χ1) is 13.2. The highest BCUT2D eigenvalue weighted by Gasteiger charge is 2.20. The van der Waals surface area contributed by atoms with Gasteiger partial charge in [-0.25, -0.2) is 0 Å². The maximum absolute atomic E-state index is 12.0. The normalized spacial score (nSPS) is 15.5. The van der Waals surface area contributed by atoms with Gasteiger partial charge in [-0.3, -0.25) is 4.79 Å². The van der Waals surface area contributed by atoms with Crippen LogP contribution in [0, 0.1) is 0 Å². The van der Waals surface area contributed by atoms with Crippen LogP contribution in [0.1, 0.15) is 23.7 Å². The van der Waals surface area contributed by atoms with Crippen LogP contribution < -0.4 is 10.1 Å². The number of aromatic nitrogens is 1. The molecule has 27 heavy (non-hydrogen) atoms. The predicted molar refractivity (Wildman–Crippen MR) is 103 cm³/mol. The summed E-state index contributed by atoms with van der Waals surface area (Å²) in [7, 11) is 0. The lowest BCUT2D eigenvalue weighted by Crippen LogP contribution is -2.20. The summed E-state index contributed by atoms with van der Waals surface area (Å²) in [5, 5.41) is 6.86. The number of fused-ring (bicyclic) bond motifs is 1. The van der Waals surface area contributed by atoms with Gasteiger partial charge in [0.05, 0.1) is 6.54 Å². The highest BCUT2D eigenvalue weighted by atomic mass is 16.5. The quantitative estimate of drug-likeness (QED) is 0.699. The second kappa shape index (κ2) is 7.50. The second-order valence-corrected chi connectivity index (χ2v) is 6.60. The van der Waals surface area contributed by atoms with Gasteiger partial charge in [0, 0.05) is 24.1 Å². The summed E-state index contributed by atoms with van der Waals surface area (Å²) < 4.78 is 11.2. The molecule has 3 aromatic rings. The number of hydrogen-bond donors (Lipinski definition) is 1. The third-order valence-electron chi connectivity index (χ3n) is 4.41. The monoisotopic (exact) mass is 360 g/mol. The second-order valence-electron chi connectivity index (χ2n) is 6.60. The number of nitrogens with zero attached hydrogens (tertiary/aromatic N) is 1. The summed E-state index contributed by atoms with van der Waals surface area (Å²) in [5.74, 6) is 1.44. The van der Waals surface area contributed by atoms with Crippen LogP contribution >= 0.6 is 0 Å². The number of carbonyl (C=O) groups is 1. The van der Waals surface area contributed by atoms with Crippen molar-refractivity contribution in [2.24, 2.45) is 0 Å². The summed E-state index contributed by atoms with van der Waals surface area (Å²) >= 11 is 0. The molecule has 1 N–H and O–H groups in total. The fourth-order valence-electron chi connectivity index (χ4n) is 3.08. The highest BCUT2D eigenvalue weighted by Crippen LogP contribution is 2.33. The van der Waals surface area contributed by atoms with E-state index in [-0.39, 0.29) is 12.0 Å². The minimum Gasteiger partial charge on any atom is -0.490 e. The van der Waals surface area contributed by atoms with Crippen molar-refractivity contribution < 1.29 is 14.1 Å². The lowest BCUT2D eigenvalue weighted by Gasteiger charge is -2.02. The third-order valence-corrected chi connectivity index (χ3v) is 4.41. The van der Waals surface area contributed by atoms with Gasteiger partial charge in [-0.2, -0.15) is 0 Å². The Kier molecular flexibility index (Phi) is 4.75. The van der Waals surface area contributed by atoms with E-state index in [2.05, 4.69) is 23.5 Å². The molecule has 5 heteroatoms. The molecule has 1 unspecified atom stereocenters. The largest absolute Gasteiger partial charge is 0.490 e. The zero-order chi connectivity index (χ0) is 18.6. The van der Waals surface area contributed by atoms with Crippen LogP contribution in [0.2, 0.25) is 0 Å². The molecule has 1 aromatic heterocycles. The van der Waals surface area contributed by atoms with Crippen molar-refractivity contribution in [2.45, 2.75) is 26.0 Å². The van der Waals surface area contributed by atoms with E-state index in [0.717, 1.165) is 23.3 Å². The van der Waals surface area contributed by atoms with Gasteiger partial charge in [-0.15, -0.1) is 0 Å². The topological polar surface area (TPSA) is 64.4 Å². The summed E-state index contributed by atoms with van der Waals surface area (Å²) in [6.45, 7) is 2.37. The van der Waals surface area contributed by atoms with E-state index in [1.165, 1.54) is 11.6 Å². The van der Waals surface area contributed by atoms with Crippen LogP contribution in [-0.2, 0) is 17.8 Å². The van der Waals surface area contributed by atoms with Gasteiger partial charge >= 0.3 is 0 Å². The molecule has 1 aliphatic rings. The highest BCUT2D eigenvalue weighted by molar-refractivity contribution is 5.91. The Bertz CT molecular complexity index is 976. The van der Waals surface area contributed by atoms with Gasteiger partial charge in [0.15, 0.2) is 5.76 Å². The van der Waals surface area contributed by atoms with Crippen LogP contribution in [0.15, 0.2) is 65.2 Å². The molecule has 1 atom stereocenters. The lowest BCUT2D eigenvalue weighted by atomic mass is 10.1. The van der Waals surface area contributed by atoms with E-state index in [9.17, 15) is 4.79 Å². The molecule has 136 valence electrons. The van der Waals surface area contributed by atoms with Crippen LogP contribution in [-0.4, -0.2) is 17.2 Å². The van der Waals surface area contributed by atoms with Gasteiger partial charge in [-0.05, 0) is 42.3 Å². The number of nitrogens with one attached hydrogen (secondary N) is 1. The Morgan fingerprint density at radius 3 is 2.93 bits per heavy atom. The standard InChI is InChI=1S/C22H20N2O3/c1-15-11-18-12-17(8-9-20(18)26-15)21-13-19(24-27-21)14-23-22(25)10-7-16-5-3-2-4-6-16/h2-10,12-13,15H,11,14H2,1H3,(H,23,25)/b10-7-. The minimum atomic E-state index is -0.174. The molecule has 5 nitrogen and oxygen atoms in total. The summed E-state index contributed by atoms with van der Waals surface area (Å²) in [5.41, 5.74) is 3.79. The van der Waals surface area contributed by atoms with Gasteiger partial charge in [-0.1, -0.05) is 35.5 Å². The van der Waals surface area contributed by atoms with Gasteiger partial charge in [0.2, 0.25) is 5.91 Å². The molecule has 0 aliphatic carbocycles. The van der Waals surface area contributed by atoms with Crippen LogP contribution in [0.4, 0.5) is 0 Å². The third kappa shape index (κ3) is 4.08. The molecule has 0 saturated heterocycles. The lowest BCUT2D eigenvalue weighted by molar-refractivity contribution is -0.116. The molecule has 0 saturated carbocycles. The molecule has 0 spiro atoms. The van der Waals surface area contributed by atoms with Gasteiger partial charge in [0.1, 0.15) is 17.5 Å². The van der Waals surface area contributed by atoms with Crippen LogP contribution in [0.25, 0.3) is 17.4 Å². The smallest absolute Gasteiger partial charge is 0.244 e. The number of benzene rings is 2. The molecule has 0 radical (unpaired) electrons. The van der Waals surface area contributed by atoms with Crippen LogP contribution in [0.3, 0.4) is 0 Å². The Morgan fingerprint density at radius 2 is 2.07 bits per heavy atom. The first kappa shape index (κ1) is 17.1. The van der Waals surface area contributed by atoms with Crippen molar-refractivity contribution in [1.82, 2.24) is 10.5 Å². The van der Waals surface area contributed by atoms with E-state index in [1.54, 1.807) is 6.08 Å². The van der Waals surface area contributed by atoms with E-state index in [1.807, 2.05) is 48.5 Å². The average molecular weight is 360 g/mol. The molecule has 0 bridgehead atoms. The molecule has 1 amide bonds. The van der Waals surface area contributed by atoms with Crippen molar-refractivity contribution in [1.29, 1.82) is 0 Å². The maximum Gasteiger partial charge on any atom is 0.244 e. The van der Waals surface area contributed by atoms with Crippen molar-refractivity contribution in [3.8, 4) is 17.1 Å². The number of hydrogen-bond acceptors (Lipinski definition) is 4. The van der Waals surface area contributed by atoms with E-state index < -0.39 is 0 Å². The fraction of sp³-hybridized carbons (Fsp3) is 0.182. The number of rotatable bonds is 5. The van der Waals surface area contributed by atoms with E-state index in [4.69, 9.17) is 9.26 Å². The average Bonchev–Trinajstić information content (AvgIpc) is 3.30. The molecular formula is C22H20N2O3. The molecular weight excluding hydrogens is 340 g/mol. The first-order valence-electron chi connectivity index (χ1n) is 8.94. The molecule has 0 fully saturated rings. The predicted octanol–water partition coefficient (Wildman–Crippen LogP) is 3.99. The summed E-state index contributed by atoms with van der Waals surface area (Å²) in [6.07, 6.45) is 4.39. The van der Waals surface area contributed by atoms with Crippen molar-refractivity contribution in [3.05, 3.63) is 77.5 Å². The SMILES string of the molecule is CC1Cc2cc(-c3cc(CNC(=O)/C=C\c4ccccc4)no3)ccc2O1. The zero-order valence-electron chi connectivity index (χ0n) is 15.0. The molecule has 2 heterocycles. The van der Waals surface area contributed by atoms with E-state index in [0.29, 0.717) is 18.0 Å². The van der Waals surface area contributed by atoms with Crippen molar-refractivity contribution in [3.63, 3.8) is 0 Å². The van der Waals surface area contributed by atoms with Crippen LogP contribution in [0.5, 0.6) is 5.75 Å². The Balaban J connectivity index is 1.37. The summed E-state index contributed by atoms with van der Waals surface area (Å²) in [4.78, 5) is 12.0. The molecule has 4 rings (SSSR count). The van der Waals surface area contributed by atoms with Crippen molar-refractivity contribution in [2.75, 3.05) is 0 Å². The fourth-order valence-corrected chi connectivity index (χ4v) is 3.08. The van der Waals surface area contributed by atoms with E-state index >= 15 is 0 Å². The molecule has 2 aromatic carbocycles. The molecule has 1 aliphatic heterocycles. The Morgan fingerprint density at radius 1 is 1.22 bits per heavy atom. The van der Waals surface area contributed by atoms with Crippen molar-refractivity contribution >= 4 is 12.0 Å². The zero-order valence-corrected chi connectivity index (χ0v) is 15.0. The Hall–Kier alpha value is -3.34. The first-order valence-corrected chi connectivity index (χ1v) is 8.94. The van der Waals surface area contributed by atoms with Gasteiger partial charge < -0.3 is 14.6 Å². The number of carbonyl (C=O) groups excluding carboxylic acids is 1. The number of amides is 1. The Labute approximate surface area is 157 Å². The van der Waals surface area contributed by atoms with Gasteiger partial charge in [0.25, 0.3) is 0 Å². The minimum absolute atomic E-state index is 0.174. The summed E-state index contributed by atoms with van der Waals surface area (Å²) in [6, 6.07) is 17.5. The number of ether oxygens (including phenoxy) is 1. The maximum atomic E-state index is 12.0.